The zero-order chi connectivity index (χ0) is 20.4. The van der Waals surface area contributed by atoms with E-state index in [2.05, 4.69) is 10.6 Å². The summed E-state index contributed by atoms with van der Waals surface area (Å²) in [6.45, 7) is 1.51. The summed E-state index contributed by atoms with van der Waals surface area (Å²) in [5, 5.41) is 5.02. The Hall–Kier alpha value is -2.48. The van der Waals surface area contributed by atoms with Gasteiger partial charge in [0.1, 0.15) is 11.4 Å². The van der Waals surface area contributed by atoms with E-state index in [1.54, 1.807) is 11.0 Å². The topological polar surface area (TPSA) is 87.7 Å². The van der Waals surface area contributed by atoms with Crippen molar-refractivity contribution in [1.29, 1.82) is 0 Å². The molecule has 0 radical (unpaired) electrons. The Labute approximate surface area is 169 Å². The number of carbonyl (C=O) groups is 3. The number of hydrogen-bond acceptors (Lipinski definition) is 4. The molecule has 1 atom stereocenters. The molecule has 1 saturated carbocycles. The first kappa shape index (κ1) is 19.8. The lowest BCUT2D eigenvalue weighted by Crippen LogP contribution is -2.51. The van der Waals surface area contributed by atoms with Gasteiger partial charge in [0.05, 0.1) is 6.10 Å². The van der Waals surface area contributed by atoms with Crippen LogP contribution in [0.3, 0.4) is 0 Å². The number of nitrogens with one attached hydrogen (secondary N) is 2. The number of benzene rings is 1. The minimum Gasteiger partial charge on any atom is -0.376 e. The van der Waals surface area contributed by atoms with Crippen molar-refractivity contribution in [2.75, 3.05) is 13.2 Å². The molecule has 0 bridgehead atoms. The molecule has 156 valence electrons. The summed E-state index contributed by atoms with van der Waals surface area (Å²) < 4.78 is 19.3. The first-order valence-electron chi connectivity index (χ1n) is 10.2. The van der Waals surface area contributed by atoms with Crippen LogP contribution in [0.25, 0.3) is 0 Å². The van der Waals surface area contributed by atoms with E-state index in [1.165, 1.54) is 12.1 Å². The number of rotatable bonds is 5. The summed E-state index contributed by atoms with van der Waals surface area (Å²) >= 11 is 0. The SMILES string of the molecule is O=C1NC(=O)C2(CCC(C(=O)N(Cc3cccc(F)c3)CC3CCCO3)CC2)N1. The van der Waals surface area contributed by atoms with Gasteiger partial charge in [-0.05, 0) is 56.2 Å². The molecule has 2 N–H and O–H groups in total. The zero-order valence-corrected chi connectivity index (χ0v) is 16.3. The predicted molar refractivity (Wildman–Crippen MR) is 102 cm³/mol. The largest absolute Gasteiger partial charge is 0.376 e. The molecule has 1 spiro atoms. The fourth-order valence-corrected chi connectivity index (χ4v) is 4.62. The highest BCUT2D eigenvalue weighted by Gasteiger charge is 2.49. The minimum atomic E-state index is -0.879. The Morgan fingerprint density at radius 2 is 2.03 bits per heavy atom. The van der Waals surface area contributed by atoms with Crippen LogP contribution in [0.4, 0.5) is 9.18 Å². The maximum atomic E-state index is 13.6. The van der Waals surface area contributed by atoms with Crippen molar-refractivity contribution in [1.82, 2.24) is 15.5 Å². The van der Waals surface area contributed by atoms with Crippen molar-refractivity contribution in [3.63, 3.8) is 0 Å². The predicted octanol–water partition coefficient (Wildman–Crippen LogP) is 2.10. The second kappa shape index (κ2) is 8.10. The molecule has 0 aromatic heterocycles. The lowest BCUT2D eigenvalue weighted by molar-refractivity contribution is -0.140. The molecule has 7 nitrogen and oxygen atoms in total. The van der Waals surface area contributed by atoms with Gasteiger partial charge in [0.15, 0.2) is 0 Å². The van der Waals surface area contributed by atoms with Crippen LogP contribution in [0.5, 0.6) is 0 Å². The molecule has 1 aromatic rings. The van der Waals surface area contributed by atoms with Gasteiger partial charge in [-0.15, -0.1) is 0 Å². The third-order valence-corrected chi connectivity index (χ3v) is 6.23. The lowest BCUT2D eigenvalue weighted by Gasteiger charge is -2.36. The fraction of sp³-hybridized carbons (Fsp3) is 0.571. The molecule has 1 aromatic carbocycles. The summed E-state index contributed by atoms with van der Waals surface area (Å²) in [6.07, 6.45) is 3.82. The first-order valence-corrected chi connectivity index (χ1v) is 10.2. The number of imide groups is 1. The van der Waals surface area contributed by atoms with Crippen LogP contribution in [0.1, 0.15) is 44.1 Å². The molecule has 4 rings (SSSR count). The number of carbonyl (C=O) groups excluding carboxylic acids is 3. The maximum absolute atomic E-state index is 13.6. The summed E-state index contributed by atoms with van der Waals surface area (Å²) in [4.78, 5) is 38.7. The third kappa shape index (κ3) is 4.27. The van der Waals surface area contributed by atoms with Crippen molar-refractivity contribution in [3.05, 3.63) is 35.6 Å². The Balaban J connectivity index is 1.44. The van der Waals surface area contributed by atoms with E-state index in [9.17, 15) is 18.8 Å². The Kier molecular flexibility index (Phi) is 5.54. The third-order valence-electron chi connectivity index (χ3n) is 6.23. The first-order chi connectivity index (χ1) is 13.9. The second-order valence-electron chi connectivity index (χ2n) is 8.25. The molecule has 2 aliphatic heterocycles. The zero-order valence-electron chi connectivity index (χ0n) is 16.3. The number of ether oxygens (including phenoxy) is 1. The molecule has 1 aliphatic carbocycles. The summed E-state index contributed by atoms with van der Waals surface area (Å²) in [5.41, 5.74) is -0.137. The van der Waals surface area contributed by atoms with Crippen molar-refractivity contribution in [2.24, 2.45) is 5.92 Å². The number of halogens is 1. The smallest absolute Gasteiger partial charge is 0.322 e. The van der Waals surface area contributed by atoms with Crippen molar-refractivity contribution in [3.8, 4) is 0 Å². The average molecular weight is 403 g/mol. The van der Waals surface area contributed by atoms with Crippen LogP contribution in [0.2, 0.25) is 0 Å². The standard InChI is InChI=1S/C21H26FN3O4/c22-16-4-1-3-14(11-16)12-25(13-17-5-2-10-29-17)18(26)15-6-8-21(9-7-15)19(27)23-20(28)24-21/h1,3-4,11,15,17H,2,5-10,12-13H2,(H2,23,24,27,28). The highest BCUT2D eigenvalue weighted by Crippen LogP contribution is 2.35. The van der Waals surface area contributed by atoms with E-state index in [0.29, 0.717) is 45.4 Å². The van der Waals surface area contributed by atoms with Crippen LogP contribution in [0, 0.1) is 11.7 Å². The molecule has 2 saturated heterocycles. The lowest BCUT2D eigenvalue weighted by atomic mass is 9.76. The normalized spacial score (nSPS) is 29.0. The van der Waals surface area contributed by atoms with E-state index in [0.717, 1.165) is 18.4 Å². The maximum Gasteiger partial charge on any atom is 0.322 e. The summed E-state index contributed by atoms with van der Waals surface area (Å²) in [5.74, 6) is -0.843. The average Bonchev–Trinajstić information content (AvgIpc) is 3.29. The molecular weight excluding hydrogens is 377 g/mol. The van der Waals surface area contributed by atoms with Crippen LogP contribution < -0.4 is 10.6 Å². The van der Waals surface area contributed by atoms with Gasteiger partial charge in [0.25, 0.3) is 5.91 Å². The van der Waals surface area contributed by atoms with E-state index < -0.39 is 11.6 Å². The van der Waals surface area contributed by atoms with Gasteiger partial charge in [0.2, 0.25) is 5.91 Å². The van der Waals surface area contributed by atoms with E-state index in [4.69, 9.17) is 4.74 Å². The van der Waals surface area contributed by atoms with Gasteiger partial charge in [-0.3, -0.25) is 14.9 Å². The molecule has 4 amide bonds. The highest BCUT2D eigenvalue weighted by atomic mass is 19.1. The molecule has 29 heavy (non-hydrogen) atoms. The number of hydrogen-bond donors (Lipinski definition) is 2. The minimum absolute atomic E-state index is 0.00217. The van der Waals surface area contributed by atoms with Crippen LogP contribution in [-0.4, -0.2) is 47.5 Å². The van der Waals surface area contributed by atoms with E-state index in [1.807, 2.05) is 6.07 Å². The van der Waals surface area contributed by atoms with Gasteiger partial charge in [-0.2, -0.15) is 0 Å². The van der Waals surface area contributed by atoms with Gasteiger partial charge in [0, 0.05) is 25.6 Å². The molecular formula is C21H26FN3O4. The molecule has 8 heteroatoms. The van der Waals surface area contributed by atoms with E-state index in [-0.39, 0.29) is 29.7 Å². The van der Waals surface area contributed by atoms with Crippen LogP contribution in [0.15, 0.2) is 24.3 Å². The van der Waals surface area contributed by atoms with Gasteiger partial charge < -0.3 is 15.0 Å². The molecule has 3 aliphatic rings. The summed E-state index contributed by atoms with van der Waals surface area (Å²) in [7, 11) is 0. The van der Waals surface area contributed by atoms with Crippen LogP contribution in [-0.2, 0) is 20.9 Å². The number of amides is 4. The quantitative estimate of drug-likeness (QED) is 0.737. The van der Waals surface area contributed by atoms with Crippen LogP contribution >= 0.6 is 0 Å². The van der Waals surface area contributed by atoms with Crippen molar-refractivity contribution >= 4 is 17.8 Å². The fourth-order valence-electron chi connectivity index (χ4n) is 4.62. The van der Waals surface area contributed by atoms with Crippen molar-refractivity contribution in [2.45, 2.75) is 56.7 Å². The molecule has 2 heterocycles. The molecule has 3 fully saturated rings. The second-order valence-corrected chi connectivity index (χ2v) is 8.25. The monoisotopic (exact) mass is 403 g/mol. The Morgan fingerprint density at radius 3 is 2.66 bits per heavy atom. The highest BCUT2D eigenvalue weighted by molar-refractivity contribution is 6.07. The number of nitrogens with zero attached hydrogens (tertiary/aromatic N) is 1. The molecule has 1 unspecified atom stereocenters. The Morgan fingerprint density at radius 1 is 1.24 bits per heavy atom. The van der Waals surface area contributed by atoms with Gasteiger partial charge in [-0.25, -0.2) is 9.18 Å². The van der Waals surface area contributed by atoms with Crippen molar-refractivity contribution < 1.29 is 23.5 Å². The van der Waals surface area contributed by atoms with E-state index >= 15 is 0 Å². The van der Waals surface area contributed by atoms with Gasteiger partial charge in [-0.1, -0.05) is 12.1 Å². The van der Waals surface area contributed by atoms with Gasteiger partial charge >= 0.3 is 6.03 Å². The Bertz CT molecular complexity index is 801. The number of urea groups is 1. The summed E-state index contributed by atoms with van der Waals surface area (Å²) in [6, 6.07) is 5.82.